The molecule has 4 unspecified atom stereocenters. The normalized spacial score (nSPS) is 22.5. The minimum Gasteiger partial charge on any atom is -0.454 e. The fourth-order valence-corrected chi connectivity index (χ4v) is 13.9. The van der Waals surface area contributed by atoms with Crippen LogP contribution in [0.1, 0.15) is 173 Å². The van der Waals surface area contributed by atoms with Crippen molar-refractivity contribution in [2.45, 2.75) is 164 Å². The quantitative estimate of drug-likeness (QED) is 0.0303. The Morgan fingerprint density at radius 3 is 1.64 bits per heavy atom. The van der Waals surface area contributed by atoms with E-state index in [-0.39, 0.29) is 41.6 Å². The standard InChI is InChI=1S/C69H85N3O6/c1-50-24-26-53(27-25-50)60-34-30-54(51(2)16-9-5-3-4-6-14-23-64(73)76-67(36-42-70-43-37-67)57-18-10-7-11-19-57)49-63(60)66(75)78-69(40-46-72-47-41-69)59-32-28-52(29-33-59)55-31-35-61-56(48-55)17-15-22-62(61)65(74)77-68(38-44-71-45-39-68)58-20-12-8-13-21-58/h7-8,10-13,18-21,24-29,31-33,35,48,54,60,62-63,70-72H,2-6,9,14-17,22-23,30,34,36-47,49H2,1H3. The highest BCUT2D eigenvalue weighted by Crippen LogP contribution is 2.47. The summed E-state index contributed by atoms with van der Waals surface area (Å²) < 4.78 is 19.8. The van der Waals surface area contributed by atoms with E-state index in [9.17, 15) is 9.59 Å². The molecule has 5 aromatic carbocycles. The number of fused-ring (bicyclic) bond motifs is 1. The van der Waals surface area contributed by atoms with Crippen LogP contribution >= 0.6 is 0 Å². The summed E-state index contributed by atoms with van der Waals surface area (Å²) in [6, 6.07) is 44.7. The molecule has 10 rings (SSSR count). The fourth-order valence-electron chi connectivity index (χ4n) is 13.9. The first-order chi connectivity index (χ1) is 38.1. The predicted octanol–water partition coefficient (Wildman–Crippen LogP) is 13.7. The summed E-state index contributed by atoms with van der Waals surface area (Å²) in [6.07, 6.45) is 17.7. The third-order valence-electron chi connectivity index (χ3n) is 18.6. The number of esters is 3. The lowest BCUT2D eigenvalue weighted by Crippen LogP contribution is -2.45. The van der Waals surface area contributed by atoms with Crippen molar-refractivity contribution in [3.05, 3.63) is 178 Å². The summed E-state index contributed by atoms with van der Waals surface area (Å²) in [6.45, 7) is 11.7. The van der Waals surface area contributed by atoms with Crippen LogP contribution in [0.25, 0.3) is 11.1 Å². The zero-order valence-electron chi connectivity index (χ0n) is 46.5. The Kier molecular flexibility index (Phi) is 18.4. The van der Waals surface area contributed by atoms with E-state index < -0.39 is 16.8 Å². The number of allylic oxidation sites excluding steroid dienone is 1. The highest BCUT2D eigenvalue weighted by molar-refractivity contribution is 5.81. The molecule has 3 heterocycles. The van der Waals surface area contributed by atoms with Crippen LogP contribution in [-0.4, -0.2) is 57.2 Å². The number of hydrogen-bond acceptors (Lipinski definition) is 9. The Labute approximate surface area is 465 Å². The molecule has 412 valence electrons. The molecule has 5 aliphatic rings. The highest BCUT2D eigenvalue weighted by Gasteiger charge is 2.45. The Hall–Kier alpha value is -5.87. The van der Waals surface area contributed by atoms with Crippen molar-refractivity contribution in [3.8, 4) is 11.1 Å². The van der Waals surface area contributed by atoms with Gasteiger partial charge >= 0.3 is 17.9 Å². The van der Waals surface area contributed by atoms with Gasteiger partial charge in [0.05, 0.1) is 11.8 Å². The van der Waals surface area contributed by atoms with Crippen LogP contribution in [-0.2, 0) is 51.8 Å². The van der Waals surface area contributed by atoms with E-state index in [2.05, 4.69) is 120 Å². The number of piperidine rings is 3. The molecule has 0 aromatic heterocycles. The van der Waals surface area contributed by atoms with Gasteiger partial charge in [0.2, 0.25) is 0 Å². The van der Waals surface area contributed by atoms with Crippen LogP contribution in [0.15, 0.2) is 140 Å². The Morgan fingerprint density at radius 2 is 1.05 bits per heavy atom. The van der Waals surface area contributed by atoms with Gasteiger partial charge in [0.15, 0.2) is 0 Å². The Bertz CT molecular complexity index is 2770. The largest absolute Gasteiger partial charge is 0.454 e. The maximum Gasteiger partial charge on any atom is 0.314 e. The number of carbonyl (C=O) groups is 3. The molecular formula is C69H85N3O6. The predicted molar refractivity (Wildman–Crippen MR) is 311 cm³/mol. The van der Waals surface area contributed by atoms with Gasteiger partial charge in [-0.2, -0.15) is 0 Å². The molecule has 0 bridgehead atoms. The first-order valence-corrected chi connectivity index (χ1v) is 30.0. The Morgan fingerprint density at radius 1 is 0.538 bits per heavy atom. The average Bonchev–Trinajstić information content (AvgIpc) is 3.48. The molecule has 5 aromatic rings. The van der Waals surface area contributed by atoms with Gasteiger partial charge in [-0.1, -0.05) is 171 Å². The third kappa shape index (κ3) is 13.1. The number of ether oxygens (including phenoxy) is 3. The SMILES string of the molecule is C=C(CCCCCCCCC(=O)OC1(c2ccccc2)CCNCC1)C1CCC(c2ccc(C)cc2)C(C(=O)OC2(c3ccc(-c4ccc5c(c4)CCCC5C(=O)OC4(c5ccccc5)CCNCC4)cc3)CCNCC2)C1. The summed E-state index contributed by atoms with van der Waals surface area (Å²) in [7, 11) is 0. The molecule has 0 amide bonds. The number of benzene rings is 5. The van der Waals surface area contributed by atoms with Crippen LogP contribution in [0.3, 0.4) is 0 Å². The molecule has 4 atom stereocenters. The number of nitrogens with one attached hydrogen (secondary N) is 3. The molecule has 2 aliphatic carbocycles. The first kappa shape index (κ1) is 55.4. The minimum atomic E-state index is -0.727. The van der Waals surface area contributed by atoms with E-state index >= 15 is 4.79 Å². The average molecular weight is 1050 g/mol. The Balaban J connectivity index is 0.749. The molecule has 3 N–H and O–H groups in total. The monoisotopic (exact) mass is 1050 g/mol. The summed E-state index contributed by atoms with van der Waals surface area (Å²) in [5.41, 5.74) is 9.61. The van der Waals surface area contributed by atoms with Gasteiger partial charge in [-0.25, -0.2) is 0 Å². The van der Waals surface area contributed by atoms with Gasteiger partial charge in [0.1, 0.15) is 16.8 Å². The second-order valence-corrected chi connectivity index (χ2v) is 23.6. The van der Waals surface area contributed by atoms with Crippen molar-refractivity contribution in [1.29, 1.82) is 0 Å². The van der Waals surface area contributed by atoms with Crippen LogP contribution in [0.5, 0.6) is 0 Å². The molecule has 9 heteroatoms. The van der Waals surface area contributed by atoms with Gasteiger partial charge in [-0.15, -0.1) is 0 Å². The lowest BCUT2D eigenvalue weighted by Gasteiger charge is -2.41. The van der Waals surface area contributed by atoms with E-state index in [0.717, 1.165) is 182 Å². The second kappa shape index (κ2) is 25.9. The number of unbranched alkanes of at least 4 members (excludes halogenated alkanes) is 5. The van der Waals surface area contributed by atoms with E-state index in [0.29, 0.717) is 19.3 Å². The smallest absolute Gasteiger partial charge is 0.314 e. The summed E-state index contributed by atoms with van der Waals surface area (Å²) in [5.74, 6) is -0.471. The maximum atomic E-state index is 15.0. The number of aryl methyl sites for hydroxylation is 2. The van der Waals surface area contributed by atoms with Crippen molar-refractivity contribution in [3.63, 3.8) is 0 Å². The molecule has 9 nitrogen and oxygen atoms in total. The van der Waals surface area contributed by atoms with Crippen LogP contribution < -0.4 is 16.0 Å². The first-order valence-electron chi connectivity index (χ1n) is 30.0. The van der Waals surface area contributed by atoms with Crippen molar-refractivity contribution in [2.24, 2.45) is 11.8 Å². The lowest BCUT2D eigenvalue weighted by atomic mass is 9.68. The number of hydrogen-bond donors (Lipinski definition) is 3. The molecule has 0 spiro atoms. The topological polar surface area (TPSA) is 115 Å². The molecule has 1 saturated carbocycles. The summed E-state index contributed by atoms with van der Waals surface area (Å²) in [5, 5.41) is 10.4. The zero-order valence-corrected chi connectivity index (χ0v) is 46.5. The van der Waals surface area contributed by atoms with Crippen LogP contribution in [0.2, 0.25) is 0 Å². The number of carbonyl (C=O) groups excluding carboxylic acids is 3. The van der Waals surface area contributed by atoms with Gasteiger partial charge in [0, 0.05) is 44.9 Å². The van der Waals surface area contributed by atoms with E-state index in [4.69, 9.17) is 14.2 Å². The van der Waals surface area contributed by atoms with Crippen molar-refractivity contribution in [2.75, 3.05) is 39.3 Å². The zero-order chi connectivity index (χ0) is 53.8. The third-order valence-corrected chi connectivity index (χ3v) is 18.6. The fraction of sp³-hybridized carbons (Fsp3) is 0.493. The molecule has 0 radical (unpaired) electrons. The van der Waals surface area contributed by atoms with E-state index in [1.165, 1.54) is 22.3 Å². The highest BCUT2D eigenvalue weighted by atomic mass is 16.6. The minimum absolute atomic E-state index is 0.0829. The van der Waals surface area contributed by atoms with Crippen LogP contribution in [0.4, 0.5) is 0 Å². The van der Waals surface area contributed by atoms with Crippen LogP contribution in [0, 0.1) is 18.8 Å². The summed E-state index contributed by atoms with van der Waals surface area (Å²) >= 11 is 0. The van der Waals surface area contributed by atoms with Gasteiger partial charge < -0.3 is 30.2 Å². The van der Waals surface area contributed by atoms with Crippen molar-refractivity contribution in [1.82, 2.24) is 16.0 Å². The van der Waals surface area contributed by atoms with E-state index in [1.54, 1.807) is 0 Å². The van der Waals surface area contributed by atoms with Crippen molar-refractivity contribution < 1.29 is 28.6 Å². The van der Waals surface area contributed by atoms with Gasteiger partial charge in [-0.3, -0.25) is 14.4 Å². The maximum absolute atomic E-state index is 15.0. The summed E-state index contributed by atoms with van der Waals surface area (Å²) in [4.78, 5) is 42.3. The lowest BCUT2D eigenvalue weighted by molar-refractivity contribution is -0.172. The molecule has 3 saturated heterocycles. The number of rotatable bonds is 20. The second-order valence-electron chi connectivity index (χ2n) is 23.6. The molecular weight excluding hydrogens is 967 g/mol. The molecule has 78 heavy (non-hydrogen) atoms. The molecule has 3 aliphatic heterocycles. The van der Waals surface area contributed by atoms with Crippen molar-refractivity contribution >= 4 is 17.9 Å². The van der Waals surface area contributed by atoms with Gasteiger partial charge in [0.25, 0.3) is 0 Å². The molecule has 4 fully saturated rings. The van der Waals surface area contributed by atoms with E-state index in [1.807, 2.05) is 36.4 Å². The van der Waals surface area contributed by atoms with Gasteiger partial charge in [-0.05, 0) is 160 Å².